The highest BCUT2D eigenvalue weighted by Crippen LogP contribution is 2.27. The zero-order valence-electron chi connectivity index (χ0n) is 10.9. The third-order valence-electron chi connectivity index (χ3n) is 2.43. The van der Waals surface area contributed by atoms with Crippen LogP contribution in [0.1, 0.15) is 19.4 Å². The molecule has 1 rings (SSSR count). The number of nitrogens with zero attached hydrogens (tertiary/aromatic N) is 1. The van der Waals surface area contributed by atoms with Crippen molar-refractivity contribution in [3.8, 4) is 0 Å². The second-order valence-electron chi connectivity index (χ2n) is 4.98. The molecule has 4 heteroatoms. The maximum atomic E-state index is 9.78. The van der Waals surface area contributed by atoms with E-state index in [4.69, 9.17) is 11.6 Å². The molecule has 0 unspecified atom stereocenters. The fourth-order valence-electron chi connectivity index (χ4n) is 1.84. The fraction of sp³-hybridized carbons (Fsp3) is 0.538. The minimum absolute atomic E-state index is 0.540. The van der Waals surface area contributed by atoms with Crippen molar-refractivity contribution in [2.75, 3.05) is 25.5 Å². The Morgan fingerprint density at radius 3 is 2.53 bits per heavy atom. The Bertz CT molecular complexity index is 374. The zero-order chi connectivity index (χ0) is 13.1. The summed E-state index contributed by atoms with van der Waals surface area (Å²) in [5, 5.41) is 13.6. The number of benzene rings is 1. The first-order chi connectivity index (χ1) is 7.83. The molecular formula is C13H21ClN2O. The lowest BCUT2D eigenvalue weighted by Gasteiger charge is -2.28. The summed E-state index contributed by atoms with van der Waals surface area (Å²) < 4.78 is 0. The zero-order valence-corrected chi connectivity index (χ0v) is 11.7. The van der Waals surface area contributed by atoms with Gasteiger partial charge in [0.05, 0.1) is 16.3 Å². The summed E-state index contributed by atoms with van der Waals surface area (Å²) in [6.45, 7) is 4.91. The standard InChI is InChI=1S/C13H21ClN2O/c1-13(2,17)9-16(4)12-6-5-10(8-15-3)7-11(12)14/h5-7,15,17H,8-9H2,1-4H3. The second-order valence-corrected chi connectivity index (χ2v) is 5.39. The number of halogens is 1. The average molecular weight is 257 g/mol. The number of hydrogen-bond donors (Lipinski definition) is 2. The molecule has 0 aromatic heterocycles. The number of nitrogens with one attached hydrogen (secondary N) is 1. The normalized spacial score (nSPS) is 11.6. The van der Waals surface area contributed by atoms with E-state index in [9.17, 15) is 5.11 Å². The van der Waals surface area contributed by atoms with Crippen molar-refractivity contribution in [1.82, 2.24) is 5.32 Å². The molecule has 0 saturated heterocycles. The predicted octanol–water partition coefficient (Wildman–Crippen LogP) is 2.27. The summed E-state index contributed by atoms with van der Waals surface area (Å²) in [7, 11) is 3.83. The van der Waals surface area contributed by atoms with Crippen LogP contribution in [-0.4, -0.2) is 31.3 Å². The number of anilines is 1. The van der Waals surface area contributed by atoms with Crippen molar-refractivity contribution < 1.29 is 5.11 Å². The van der Waals surface area contributed by atoms with E-state index in [-0.39, 0.29) is 0 Å². The van der Waals surface area contributed by atoms with Crippen LogP contribution in [0.15, 0.2) is 18.2 Å². The quantitative estimate of drug-likeness (QED) is 0.849. The molecule has 1 aromatic carbocycles. The molecule has 0 heterocycles. The largest absolute Gasteiger partial charge is 0.389 e. The van der Waals surface area contributed by atoms with Crippen molar-refractivity contribution >= 4 is 17.3 Å². The molecule has 2 N–H and O–H groups in total. The molecule has 0 spiro atoms. The van der Waals surface area contributed by atoms with E-state index in [2.05, 4.69) is 5.32 Å². The van der Waals surface area contributed by atoms with Gasteiger partial charge in [-0.05, 0) is 38.6 Å². The van der Waals surface area contributed by atoms with Crippen LogP contribution in [0.4, 0.5) is 5.69 Å². The molecule has 17 heavy (non-hydrogen) atoms. The van der Waals surface area contributed by atoms with Gasteiger partial charge < -0.3 is 15.3 Å². The molecule has 0 radical (unpaired) electrons. The Balaban J connectivity index is 2.84. The summed E-state index contributed by atoms with van der Waals surface area (Å²) in [6.07, 6.45) is 0. The van der Waals surface area contributed by atoms with Gasteiger partial charge in [-0.1, -0.05) is 17.7 Å². The molecule has 0 aliphatic carbocycles. The fourth-order valence-corrected chi connectivity index (χ4v) is 2.19. The van der Waals surface area contributed by atoms with E-state index in [1.165, 1.54) is 0 Å². The first-order valence-electron chi connectivity index (χ1n) is 5.70. The summed E-state index contributed by atoms with van der Waals surface area (Å²) >= 11 is 6.24. The van der Waals surface area contributed by atoms with Gasteiger partial charge in [-0.15, -0.1) is 0 Å². The Morgan fingerprint density at radius 2 is 2.06 bits per heavy atom. The van der Waals surface area contributed by atoms with Crippen molar-refractivity contribution in [2.24, 2.45) is 0 Å². The molecule has 3 nitrogen and oxygen atoms in total. The van der Waals surface area contributed by atoms with Crippen LogP contribution < -0.4 is 10.2 Å². The van der Waals surface area contributed by atoms with E-state index >= 15 is 0 Å². The van der Waals surface area contributed by atoms with Gasteiger partial charge in [-0.25, -0.2) is 0 Å². The van der Waals surface area contributed by atoms with Gasteiger partial charge in [0.2, 0.25) is 0 Å². The summed E-state index contributed by atoms with van der Waals surface area (Å²) in [4.78, 5) is 1.96. The van der Waals surface area contributed by atoms with Crippen molar-refractivity contribution in [1.29, 1.82) is 0 Å². The molecule has 0 saturated carbocycles. The second kappa shape index (κ2) is 5.71. The van der Waals surface area contributed by atoms with Crippen LogP contribution in [0.2, 0.25) is 5.02 Å². The van der Waals surface area contributed by atoms with Gasteiger partial charge >= 0.3 is 0 Å². The predicted molar refractivity (Wildman–Crippen MR) is 73.8 cm³/mol. The average Bonchev–Trinajstić information content (AvgIpc) is 2.15. The van der Waals surface area contributed by atoms with E-state index < -0.39 is 5.60 Å². The van der Waals surface area contributed by atoms with E-state index in [1.54, 1.807) is 13.8 Å². The van der Waals surface area contributed by atoms with Gasteiger partial charge in [0.25, 0.3) is 0 Å². The lowest BCUT2D eigenvalue weighted by molar-refractivity contribution is 0.0886. The van der Waals surface area contributed by atoms with Gasteiger partial charge in [0.15, 0.2) is 0 Å². The monoisotopic (exact) mass is 256 g/mol. The molecule has 0 aliphatic rings. The Hall–Kier alpha value is -0.770. The minimum atomic E-state index is -0.734. The van der Waals surface area contributed by atoms with Crippen molar-refractivity contribution in [2.45, 2.75) is 26.0 Å². The highest BCUT2D eigenvalue weighted by atomic mass is 35.5. The van der Waals surface area contributed by atoms with Crippen LogP contribution in [0.3, 0.4) is 0 Å². The van der Waals surface area contributed by atoms with E-state index in [1.807, 2.05) is 37.2 Å². The molecule has 0 bridgehead atoms. The SMILES string of the molecule is CNCc1ccc(N(C)CC(C)(C)O)c(Cl)c1. The lowest BCUT2D eigenvalue weighted by Crippen LogP contribution is -2.36. The third kappa shape index (κ3) is 4.54. The number of rotatable bonds is 5. The molecule has 0 aliphatic heterocycles. The Labute approximate surface area is 108 Å². The summed E-state index contributed by atoms with van der Waals surface area (Å²) in [5.41, 5.74) is 1.36. The highest BCUT2D eigenvalue weighted by Gasteiger charge is 2.17. The van der Waals surface area contributed by atoms with E-state index in [0.717, 1.165) is 17.8 Å². The van der Waals surface area contributed by atoms with Crippen LogP contribution in [-0.2, 0) is 6.54 Å². The van der Waals surface area contributed by atoms with Gasteiger partial charge in [0.1, 0.15) is 0 Å². The number of likely N-dealkylation sites (N-methyl/N-ethyl adjacent to an activating group) is 1. The molecule has 96 valence electrons. The Morgan fingerprint density at radius 1 is 1.41 bits per heavy atom. The van der Waals surface area contributed by atoms with Crippen molar-refractivity contribution in [3.63, 3.8) is 0 Å². The van der Waals surface area contributed by atoms with E-state index in [0.29, 0.717) is 11.6 Å². The van der Waals surface area contributed by atoms with Crippen molar-refractivity contribution in [3.05, 3.63) is 28.8 Å². The molecule has 1 aromatic rings. The maximum Gasteiger partial charge on any atom is 0.0765 e. The van der Waals surface area contributed by atoms with Gasteiger partial charge in [-0.2, -0.15) is 0 Å². The minimum Gasteiger partial charge on any atom is -0.389 e. The lowest BCUT2D eigenvalue weighted by atomic mass is 10.1. The number of hydrogen-bond acceptors (Lipinski definition) is 3. The topological polar surface area (TPSA) is 35.5 Å². The highest BCUT2D eigenvalue weighted by molar-refractivity contribution is 6.33. The number of aliphatic hydroxyl groups is 1. The first kappa shape index (κ1) is 14.3. The molecule has 0 amide bonds. The Kier molecular flexibility index (Phi) is 4.80. The van der Waals surface area contributed by atoms with Crippen LogP contribution in [0.5, 0.6) is 0 Å². The summed E-state index contributed by atoms with van der Waals surface area (Å²) in [5.74, 6) is 0. The molecule has 0 fully saturated rings. The summed E-state index contributed by atoms with van der Waals surface area (Å²) in [6, 6.07) is 5.98. The smallest absolute Gasteiger partial charge is 0.0765 e. The molecular weight excluding hydrogens is 236 g/mol. The first-order valence-corrected chi connectivity index (χ1v) is 6.08. The van der Waals surface area contributed by atoms with Crippen LogP contribution in [0.25, 0.3) is 0 Å². The molecule has 0 atom stereocenters. The van der Waals surface area contributed by atoms with Gasteiger partial charge in [-0.3, -0.25) is 0 Å². The van der Waals surface area contributed by atoms with Crippen LogP contribution >= 0.6 is 11.6 Å². The third-order valence-corrected chi connectivity index (χ3v) is 2.73. The van der Waals surface area contributed by atoms with Gasteiger partial charge in [0, 0.05) is 20.1 Å². The van der Waals surface area contributed by atoms with Crippen LogP contribution in [0, 0.1) is 0 Å². The maximum absolute atomic E-state index is 9.78.